The monoisotopic (exact) mass is 342 g/mol. The van der Waals surface area contributed by atoms with Crippen LogP contribution in [0, 0.1) is 6.92 Å². The largest absolute Gasteiger partial charge is 0.480 e. The first kappa shape index (κ1) is 19.1. The number of nitrogens with one attached hydrogen (secondary N) is 1. The van der Waals surface area contributed by atoms with Gasteiger partial charge in [0.15, 0.2) is 0 Å². The summed E-state index contributed by atoms with van der Waals surface area (Å²) in [5.41, 5.74) is 1.59. The van der Waals surface area contributed by atoms with Gasteiger partial charge < -0.3 is 10.4 Å². The van der Waals surface area contributed by atoms with E-state index in [4.69, 9.17) is 5.11 Å². The fourth-order valence-corrected chi connectivity index (χ4v) is 3.74. The standard InChI is InChI=1S/C15H22N2O5S/c1-11-4-6-14(7-5-11)10-23(21,22)17(12(2)15(19)20)9-8-16-13(3)18/h4-7,12H,8-10H2,1-3H3,(H,16,18)(H,19,20). The number of rotatable bonds is 8. The normalized spacial score (nSPS) is 12.9. The van der Waals surface area contributed by atoms with E-state index in [1.807, 2.05) is 6.92 Å². The molecule has 0 spiro atoms. The maximum Gasteiger partial charge on any atom is 0.321 e. The molecular weight excluding hydrogens is 320 g/mol. The van der Waals surface area contributed by atoms with Crippen LogP contribution in [0.2, 0.25) is 0 Å². The van der Waals surface area contributed by atoms with Gasteiger partial charge in [0.05, 0.1) is 5.75 Å². The molecule has 2 N–H and O–H groups in total. The van der Waals surface area contributed by atoms with Crippen LogP contribution in [-0.2, 0) is 25.4 Å². The summed E-state index contributed by atoms with van der Waals surface area (Å²) in [4.78, 5) is 22.1. The third-order valence-corrected chi connectivity index (χ3v) is 5.23. The van der Waals surface area contributed by atoms with E-state index in [-0.39, 0.29) is 24.7 Å². The zero-order chi connectivity index (χ0) is 17.6. The molecule has 1 amide bonds. The van der Waals surface area contributed by atoms with Crippen LogP contribution in [0.15, 0.2) is 24.3 Å². The highest BCUT2D eigenvalue weighted by atomic mass is 32.2. The smallest absolute Gasteiger partial charge is 0.321 e. The minimum atomic E-state index is -3.83. The summed E-state index contributed by atoms with van der Waals surface area (Å²) in [5, 5.41) is 11.6. The Labute approximate surface area is 136 Å². The molecule has 1 atom stereocenters. The van der Waals surface area contributed by atoms with Gasteiger partial charge in [-0.15, -0.1) is 0 Å². The van der Waals surface area contributed by atoms with Crippen molar-refractivity contribution in [3.8, 4) is 0 Å². The van der Waals surface area contributed by atoms with Crippen molar-refractivity contribution in [2.24, 2.45) is 0 Å². The van der Waals surface area contributed by atoms with Crippen molar-refractivity contribution in [2.75, 3.05) is 13.1 Å². The summed E-state index contributed by atoms with van der Waals surface area (Å²) in [5.74, 6) is -1.82. The van der Waals surface area contributed by atoms with Crippen LogP contribution in [0.25, 0.3) is 0 Å². The molecule has 7 nitrogen and oxygen atoms in total. The number of nitrogens with zero attached hydrogens (tertiary/aromatic N) is 1. The molecule has 0 fully saturated rings. The van der Waals surface area contributed by atoms with Gasteiger partial charge in [0.2, 0.25) is 15.9 Å². The summed E-state index contributed by atoms with van der Waals surface area (Å²) >= 11 is 0. The molecule has 0 aliphatic heterocycles. The fraction of sp³-hybridized carbons (Fsp3) is 0.467. The molecule has 128 valence electrons. The third kappa shape index (κ3) is 5.99. The van der Waals surface area contributed by atoms with Gasteiger partial charge in [0.25, 0.3) is 0 Å². The molecule has 1 aromatic carbocycles. The molecule has 0 saturated carbocycles. The maximum absolute atomic E-state index is 12.6. The van der Waals surface area contributed by atoms with Crippen molar-refractivity contribution in [3.05, 3.63) is 35.4 Å². The first-order chi connectivity index (χ1) is 10.6. The second kappa shape index (κ2) is 8.07. The maximum atomic E-state index is 12.6. The summed E-state index contributed by atoms with van der Waals surface area (Å²) in [6, 6.07) is 5.79. The fourth-order valence-electron chi connectivity index (χ4n) is 2.02. The van der Waals surface area contributed by atoms with E-state index in [1.54, 1.807) is 24.3 Å². The van der Waals surface area contributed by atoms with E-state index in [0.717, 1.165) is 9.87 Å². The Morgan fingerprint density at radius 1 is 1.26 bits per heavy atom. The highest BCUT2D eigenvalue weighted by molar-refractivity contribution is 7.88. The predicted octanol–water partition coefficient (Wildman–Crippen LogP) is 0.736. The van der Waals surface area contributed by atoms with Crippen molar-refractivity contribution in [1.29, 1.82) is 0 Å². The Morgan fingerprint density at radius 2 is 1.83 bits per heavy atom. The highest BCUT2D eigenvalue weighted by Crippen LogP contribution is 2.15. The summed E-state index contributed by atoms with van der Waals surface area (Å²) in [7, 11) is -3.83. The average Bonchev–Trinajstić information content (AvgIpc) is 2.44. The molecule has 8 heteroatoms. The SMILES string of the molecule is CC(=O)NCCN(C(C)C(=O)O)S(=O)(=O)Cc1ccc(C)cc1. The molecule has 1 unspecified atom stereocenters. The van der Waals surface area contributed by atoms with Crippen LogP contribution in [0.1, 0.15) is 25.0 Å². The molecule has 0 aromatic heterocycles. The van der Waals surface area contributed by atoms with Crippen molar-refractivity contribution in [3.63, 3.8) is 0 Å². The minimum Gasteiger partial charge on any atom is -0.480 e. The van der Waals surface area contributed by atoms with Crippen LogP contribution >= 0.6 is 0 Å². The first-order valence-corrected chi connectivity index (χ1v) is 8.76. The Hall–Kier alpha value is -1.93. The molecule has 0 bridgehead atoms. The second-order valence-corrected chi connectivity index (χ2v) is 7.27. The number of carbonyl (C=O) groups excluding carboxylic acids is 1. The highest BCUT2D eigenvalue weighted by Gasteiger charge is 2.31. The zero-order valence-corrected chi connectivity index (χ0v) is 14.3. The molecule has 1 aromatic rings. The molecule has 0 aliphatic carbocycles. The second-order valence-electron chi connectivity index (χ2n) is 5.35. The molecule has 1 rings (SSSR count). The van der Waals surface area contributed by atoms with Gasteiger partial charge in [-0.25, -0.2) is 8.42 Å². The lowest BCUT2D eigenvalue weighted by atomic mass is 10.2. The molecule has 0 saturated heterocycles. The number of hydrogen-bond acceptors (Lipinski definition) is 4. The molecule has 0 heterocycles. The van der Waals surface area contributed by atoms with Gasteiger partial charge in [0, 0.05) is 20.0 Å². The van der Waals surface area contributed by atoms with Gasteiger partial charge in [0.1, 0.15) is 6.04 Å². The Kier molecular flexibility index (Phi) is 6.71. The van der Waals surface area contributed by atoms with Gasteiger partial charge >= 0.3 is 5.97 Å². The minimum absolute atomic E-state index is 0.0556. The van der Waals surface area contributed by atoms with E-state index >= 15 is 0 Å². The van der Waals surface area contributed by atoms with E-state index < -0.39 is 22.0 Å². The number of aliphatic carboxylic acids is 1. The van der Waals surface area contributed by atoms with E-state index in [9.17, 15) is 18.0 Å². The summed E-state index contributed by atoms with van der Waals surface area (Å²) in [6.07, 6.45) is 0. The number of carboxylic acids is 1. The number of carboxylic acid groups (broad SMARTS) is 1. The van der Waals surface area contributed by atoms with Crippen LogP contribution in [0.5, 0.6) is 0 Å². The molecule has 0 aliphatic rings. The van der Waals surface area contributed by atoms with Crippen LogP contribution in [0.3, 0.4) is 0 Å². The van der Waals surface area contributed by atoms with E-state index in [0.29, 0.717) is 5.56 Å². The number of amides is 1. The number of carbonyl (C=O) groups is 2. The lowest BCUT2D eigenvalue weighted by molar-refractivity contribution is -0.140. The first-order valence-electron chi connectivity index (χ1n) is 7.16. The van der Waals surface area contributed by atoms with Crippen LogP contribution in [0.4, 0.5) is 0 Å². The number of hydrogen-bond donors (Lipinski definition) is 2. The third-order valence-electron chi connectivity index (χ3n) is 3.32. The zero-order valence-electron chi connectivity index (χ0n) is 13.4. The van der Waals surface area contributed by atoms with Crippen LogP contribution < -0.4 is 5.32 Å². The van der Waals surface area contributed by atoms with E-state index in [2.05, 4.69) is 5.32 Å². The quantitative estimate of drug-likeness (QED) is 0.725. The van der Waals surface area contributed by atoms with Crippen molar-refractivity contribution < 1.29 is 23.1 Å². The van der Waals surface area contributed by atoms with Crippen molar-refractivity contribution in [1.82, 2.24) is 9.62 Å². The summed E-state index contributed by atoms with van der Waals surface area (Å²) in [6.45, 7) is 4.47. The number of aryl methyl sites for hydroxylation is 1. The lowest BCUT2D eigenvalue weighted by Crippen LogP contribution is -2.47. The molecular formula is C15H22N2O5S. The van der Waals surface area contributed by atoms with Gasteiger partial charge in [-0.05, 0) is 19.4 Å². The number of benzene rings is 1. The molecule has 23 heavy (non-hydrogen) atoms. The summed E-state index contributed by atoms with van der Waals surface area (Å²) < 4.78 is 26.0. The lowest BCUT2D eigenvalue weighted by Gasteiger charge is -2.25. The molecule has 0 radical (unpaired) electrons. The average molecular weight is 342 g/mol. The number of sulfonamides is 1. The van der Waals surface area contributed by atoms with Gasteiger partial charge in [-0.1, -0.05) is 29.8 Å². The van der Waals surface area contributed by atoms with E-state index in [1.165, 1.54) is 13.8 Å². The van der Waals surface area contributed by atoms with Gasteiger partial charge in [-0.2, -0.15) is 4.31 Å². The van der Waals surface area contributed by atoms with Crippen molar-refractivity contribution in [2.45, 2.75) is 32.6 Å². The Bertz CT molecular complexity index is 655. The predicted molar refractivity (Wildman–Crippen MR) is 86.3 cm³/mol. The topological polar surface area (TPSA) is 104 Å². The van der Waals surface area contributed by atoms with Crippen molar-refractivity contribution >= 4 is 21.9 Å². The Balaban J connectivity index is 2.95. The Morgan fingerprint density at radius 3 is 2.30 bits per heavy atom. The van der Waals surface area contributed by atoms with Crippen LogP contribution in [-0.4, -0.2) is 48.8 Å². The van der Waals surface area contributed by atoms with Gasteiger partial charge in [-0.3, -0.25) is 9.59 Å².